The Balaban J connectivity index is 3.65. The van der Waals surface area contributed by atoms with Crippen LogP contribution in [0.1, 0.15) is 214 Å². The summed E-state index contributed by atoms with van der Waals surface area (Å²) in [5, 5.41) is 6.40. The zero-order chi connectivity index (χ0) is 33.8. The van der Waals surface area contributed by atoms with E-state index < -0.39 is 0 Å². The second-order valence-electron chi connectivity index (χ2n) is 14.2. The Bertz CT molecular complexity index is 714. The number of rotatable bonds is 35. The molecule has 0 spiro atoms. The van der Waals surface area contributed by atoms with E-state index in [9.17, 15) is 9.59 Å². The summed E-state index contributed by atoms with van der Waals surface area (Å²) in [4.78, 5) is 24.8. The van der Waals surface area contributed by atoms with E-state index in [1.807, 2.05) is 0 Å². The maximum atomic E-state index is 12.6. The third-order valence-corrected chi connectivity index (χ3v) is 9.28. The quantitative estimate of drug-likeness (QED) is 0.0533. The molecule has 2 amide bonds. The zero-order valence-corrected chi connectivity index (χ0v) is 31.5. The molecule has 0 aromatic carbocycles. The van der Waals surface area contributed by atoms with Gasteiger partial charge in [-0.25, -0.2) is 0 Å². The first-order chi connectivity index (χ1) is 22.5. The minimum Gasteiger partial charge on any atom is -0.356 e. The molecule has 0 unspecified atom stereocenters. The van der Waals surface area contributed by atoms with E-state index in [1.165, 1.54) is 128 Å². The van der Waals surface area contributed by atoms with Crippen LogP contribution in [0.4, 0.5) is 0 Å². The van der Waals surface area contributed by atoms with Crippen LogP contribution in [0.15, 0.2) is 24.3 Å². The Labute approximate surface area is 288 Å². The summed E-state index contributed by atoms with van der Waals surface area (Å²) in [6, 6.07) is 0.229. The molecule has 0 radical (unpaired) electrons. The van der Waals surface area contributed by atoms with Crippen LogP contribution in [0.5, 0.6) is 0 Å². The monoisotopic (exact) mass is 645 g/mol. The highest BCUT2D eigenvalue weighted by atomic mass is 16.2. The van der Waals surface area contributed by atoms with Gasteiger partial charge in [0, 0.05) is 25.4 Å². The van der Waals surface area contributed by atoms with Crippen LogP contribution in [0, 0.1) is 5.92 Å². The van der Waals surface area contributed by atoms with E-state index in [1.54, 1.807) is 0 Å². The van der Waals surface area contributed by atoms with Crippen LogP contribution in [-0.4, -0.2) is 24.4 Å². The lowest BCUT2D eigenvalue weighted by Crippen LogP contribution is -2.38. The summed E-state index contributed by atoms with van der Waals surface area (Å²) in [7, 11) is 0. The molecule has 4 heteroatoms. The maximum absolute atomic E-state index is 12.6. The topological polar surface area (TPSA) is 58.2 Å². The Hall–Kier alpha value is -1.58. The van der Waals surface area contributed by atoms with Gasteiger partial charge in [-0.2, -0.15) is 0 Å². The molecular weight excluding hydrogens is 564 g/mol. The number of allylic oxidation sites excluding steroid dienone is 4. The van der Waals surface area contributed by atoms with Gasteiger partial charge in [-0.15, -0.1) is 0 Å². The molecule has 0 bridgehead atoms. The Kier molecular flexibility index (Phi) is 35.0. The second kappa shape index (κ2) is 36.3. The van der Waals surface area contributed by atoms with Gasteiger partial charge in [-0.3, -0.25) is 9.59 Å². The number of nitrogens with one attached hydrogen (secondary N) is 2. The third kappa shape index (κ3) is 33.8. The largest absolute Gasteiger partial charge is 0.356 e. The average Bonchev–Trinajstić information content (AvgIpc) is 3.04. The number of hydrogen-bond donors (Lipinski definition) is 2. The van der Waals surface area contributed by atoms with Crippen molar-refractivity contribution in [3.8, 4) is 0 Å². The fourth-order valence-corrected chi connectivity index (χ4v) is 6.06. The molecule has 4 nitrogen and oxygen atoms in total. The minimum atomic E-state index is 0.203. The molecule has 2 N–H and O–H groups in total. The van der Waals surface area contributed by atoms with Crippen molar-refractivity contribution < 1.29 is 9.59 Å². The zero-order valence-electron chi connectivity index (χ0n) is 31.5. The third-order valence-electron chi connectivity index (χ3n) is 9.28. The van der Waals surface area contributed by atoms with E-state index in [4.69, 9.17) is 0 Å². The molecule has 0 saturated carbocycles. The summed E-state index contributed by atoms with van der Waals surface area (Å²) >= 11 is 0. The minimum absolute atomic E-state index is 0.203. The van der Waals surface area contributed by atoms with Gasteiger partial charge in [0.15, 0.2) is 0 Å². The van der Waals surface area contributed by atoms with Crippen molar-refractivity contribution in [2.24, 2.45) is 5.92 Å². The molecule has 1 atom stereocenters. The SMILES string of the molecule is CCCCC/C=C\C/C=C\CCCCCCCC(=O)N[C@@H](CCCCNC(=O)CCCCCCCCCCCCCCC)C(C)C. The van der Waals surface area contributed by atoms with Crippen LogP contribution >= 0.6 is 0 Å². The molecule has 270 valence electrons. The Morgan fingerprint density at radius 2 is 0.935 bits per heavy atom. The molecule has 46 heavy (non-hydrogen) atoms. The van der Waals surface area contributed by atoms with E-state index in [0.717, 1.165) is 51.5 Å². The van der Waals surface area contributed by atoms with Crippen molar-refractivity contribution in [2.75, 3.05) is 6.54 Å². The number of unbranched alkanes of at least 4 members (excludes halogenated alkanes) is 21. The van der Waals surface area contributed by atoms with Crippen molar-refractivity contribution in [3.05, 3.63) is 24.3 Å². The highest BCUT2D eigenvalue weighted by molar-refractivity contribution is 5.76. The van der Waals surface area contributed by atoms with Gasteiger partial charge in [0.05, 0.1) is 0 Å². The van der Waals surface area contributed by atoms with E-state index in [-0.39, 0.29) is 17.9 Å². The van der Waals surface area contributed by atoms with Crippen molar-refractivity contribution in [1.82, 2.24) is 10.6 Å². The van der Waals surface area contributed by atoms with Gasteiger partial charge < -0.3 is 10.6 Å². The molecule has 0 rings (SSSR count). The molecule has 0 aromatic heterocycles. The summed E-state index contributed by atoms with van der Waals surface area (Å²) < 4.78 is 0. The van der Waals surface area contributed by atoms with Crippen molar-refractivity contribution in [3.63, 3.8) is 0 Å². The van der Waals surface area contributed by atoms with Crippen LogP contribution < -0.4 is 10.6 Å². The molecule has 0 saturated heterocycles. The van der Waals surface area contributed by atoms with Gasteiger partial charge in [0.2, 0.25) is 11.8 Å². The van der Waals surface area contributed by atoms with E-state index in [2.05, 4.69) is 62.6 Å². The molecule has 0 aliphatic heterocycles. The number of carbonyl (C=O) groups excluding carboxylic acids is 2. The van der Waals surface area contributed by atoms with Crippen molar-refractivity contribution >= 4 is 11.8 Å². The lowest BCUT2D eigenvalue weighted by Gasteiger charge is -2.22. The Morgan fingerprint density at radius 3 is 1.46 bits per heavy atom. The second-order valence-corrected chi connectivity index (χ2v) is 14.2. The van der Waals surface area contributed by atoms with Crippen LogP contribution in [0.3, 0.4) is 0 Å². The highest BCUT2D eigenvalue weighted by Gasteiger charge is 2.15. The first kappa shape index (κ1) is 44.4. The standard InChI is InChI=1S/C42H80N2O2/c1-5-7-9-11-13-15-17-19-20-22-24-26-28-30-32-37-42(46)44-40(39(3)4)35-33-34-38-43-41(45)36-31-29-27-25-23-21-18-16-14-12-10-8-6-2/h13,15,19-20,39-40H,5-12,14,16-18,21-38H2,1-4H3,(H,43,45)(H,44,46)/b15-13-,20-19-/t40-/m0/s1. The predicted molar refractivity (Wildman–Crippen MR) is 203 cm³/mol. The highest BCUT2D eigenvalue weighted by Crippen LogP contribution is 2.14. The van der Waals surface area contributed by atoms with Gasteiger partial charge in [-0.05, 0) is 70.1 Å². The van der Waals surface area contributed by atoms with Crippen LogP contribution in [0.25, 0.3) is 0 Å². The smallest absolute Gasteiger partial charge is 0.220 e. The fourth-order valence-electron chi connectivity index (χ4n) is 6.06. The predicted octanol–water partition coefficient (Wildman–Crippen LogP) is 12.7. The first-order valence-electron chi connectivity index (χ1n) is 20.4. The fraction of sp³-hybridized carbons (Fsp3) is 0.857. The summed E-state index contributed by atoms with van der Waals surface area (Å²) in [5.74, 6) is 0.836. The van der Waals surface area contributed by atoms with Crippen LogP contribution in [-0.2, 0) is 9.59 Å². The average molecular weight is 645 g/mol. The van der Waals surface area contributed by atoms with Crippen LogP contribution in [0.2, 0.25) is 0 Å². The van der Waals surface area contributed by atoms with E-state index >= 15 is 0 Å². The van der Waals surface area contributed by atoms with Gasteiger partial charge >= 0.3 is 0 Å². The molecule has 0 fully saturated rings. The van der Waals surface area contributed by atoms with E-state index in [0.29, 0.717) is 18.8 Å². The summed E-state index contributed by atoms with van der Waals surface area (Å²) in [6.07, 6.45) is 44.1. The van der Waals surface area contributed by atoms with Gasteiger partial charge in [-0.1, -0.05) is 161 Å². The first-order valence-corrected chi connectivity index (χ1v) is 20.4. The molecule has 0 aromatic rings. The van der Waals surface area contributed by atoms with Crippen molar-refractivity contribution in [1.29, 1.82) is 0 Å². The number of carbonyl (C=O) groups is 2. The summed E-state index contributed by atoms with van der Waals surface area (Å²) in [5.41, 5.74) is 0. The van der Waals surface area contributed by atoms with Gasteiger partial charge in [0.25, 0.3) is 0 Å². The summed E-state index contributed by atoms with van der Waals surface area (Å²) in [6.45, 7) is 9.67. The molecule has 0 heterocycles. The number of amides is 2. The molecule has 0 aliphatic carbocycles. The maximum Gasteiger partial charge on any atom is 0.220 e. The lowest BCUT2D eigenvalue weighted by molar-refractivity contribution is -0.122. The Morgan fingerprint density at radius 1 is 0.500 bits per heavy atom. The van der Waals surface area contributed by atoms with Crippen molar-refractivity contribution in [2.45, 2.75) is 220 Å². The molecular formula is C42H80N2O2. The molecule has 0 aliphatic rings. The number of hydrogen-bond acceptors (Lipinski definition) is 2. The lowest BCUT2D eigenvalue weighted by atomic mass is 9.98. The normalized spacial score (nSPS) is 12.5. The van der Waals surface area contributed by atoms with Gasteiger partial charge in [0.1, 0.15) is 0 Å².